The van der Waals surface area contributed by atoms with Crippen molar-refractivity contribution in [2.75, 3.05) is 21.1 Å². The van der Waals surface area contributed by atoms with Crippen molar-refractivity contribution in [3.8, 4) is 5.75 Å². The molecule has 5 atom stereocenters. The van der Waals surface area contributed by atoms with E-state index in [1.807, 2.05) is 34.9 Å². The maximum Gasteiger partial charge on any atom is 0.206 e. The van der Waals surface area contributed by atoms with Crippen molar-refractivity contribution in [3.63, 3.8) is 0 Å². The largest absolute Gasteiger partial charge is 0.507 e. The third kappa shape index (κ3) is 5.85. The van der Waals surface area contributed by atoms with Crippen molar-refractivity contribution in [2.45, 2.75) is 53.1 Å². The third-order valence-corrected chi connectivity index (χ3v) is 6.48. The number of hydrogen-bond donors (Lipinski definition) is 5. The lowest BCUT2D eigenvalue weighted by atomic mass is 9.59. The summed E-state index contributed by atoms with van der Waals surface area (Å²) in [6.07, 6.45) is 1.52. The van der Waals surface area contributed by atoms with E-state index in [2.05, 4.69) is 10.6 Å². The number of carbonyl (C=O) groups is 3. The first-order chi connectivity index (χ1) is 16.1. The number of benzene rings is 1. The highest BCUT2D eigenvalue weighted by Crippen LogP contribution is 2.49. The number of phenols is 1. The van der Waals surface area contributed by atoms with Crippen LogP contribution >= 0.6 is 0 Å². The van der Waals surface area contributed by atoms with Crippen LogP contribution in [0.4, 0.5) is 0 Å². The second-order valence-electron chi connectivity index (χ2n) is 8.66. The van der Waals surface area contributed by atoms with Crippen LogP contribution in [-0.4, -0.2) is 60.5 Å². The first-order valence-corrected chi connectivity index (χ1v) is 11.8. The molecule has 2 fully saturated rings. The zero-order valence-electron chi connectivity index (χ0n) is 21.3. The highest BCUT2D eigenvalue weighted by molar-refractivity contribution is 6.15. The van der Waals surface area contributed by atoms with Gasteiger partial charge in [-0.2, -0.15) is 0 Å². The van der Waals surface area contributed by atoms with Crippen LogP contribution in [0.2, 0.25) is 0 Å². The van der Waals surface area contributed by atoms with Crippen LogP contribution < -0.4 is 10.6 Å². The third-order valence-electron chi connectivity index (χ3n) is 6.48. The topological polar surface area (TPSA) is 136 Å². The molecule has 3 aliphatic rings. The summed E-state index contributed by atoms with van der Waals surface area (Å²) < 4.78 is 0. The number of phenolic OH excluding ortho intramolecular Hbond substituents is 1. The monoisotopic (exact) mass is 476 g/mol. The first-order valence-electron chi connectivity index (χ1n) is 11.8. The molecule has 0 bridgehead atoms. The number of carbonyl (C=O) groups excluding carboxylic acids is 3. The lowest BCUT2D eigenvalue weighted by molar-refractivity contribution is -0.145. The van der Waals surface area contributed by atoms with Crippen molar-refractivity contribution >= 4 is 23.7 Å². The van der Waals surface area contributed by atoms with Gasteiger partial charge in [0.2, 0.25) is 6.41 Å². The second-order valence-corrected chi connectivity index (χ2v) is 8.66. The molecule has 5 N–H and O–H groups in total. The zero-order valence-corrected chi connectivity index (χ0v) is 21.3. The van der Waals surface area contributed by atoms with E-state index in [9.17, 15) is 24.9 Å². The molecule has 0 aliphatic heterocycles. The Morgan fingerprint density at radius 1 is 1.06 bits per heavy atom. The van der Waals surface area contributed by atoms with Gasteiger partial charge in [0.15, 0.2) is 5.78 Å². The molecule has 0 aromatic heterocycles. The Labute approximate surface area is 202 Å². The molecule has 1 aromatic carbocycles. The number of Topliss-reactive ketones (excluding diaryl/α,β-unsaturated/α-hetero) is 2. The van der Waals surface area contributed by atoms with E-state index in [1.165, 1.54) is 6.07 Å². The molecule has 0 radical (unpaired) electrons. The molecule has 5 unspecified atom stereocenters. The molecule has 2 saturated carbocycles. The van der Waals surface area contributed by atoms with E-state index >= 15 is 0 Å². The van der Waals surface area contributed by atoms with Gasteiger partial charge in [-0.3, -0.25) is 14.4 Å². The van der Waals surface area contributed by atoms with Gasteiger partial charge in [-0.15, -0.1) is 0 Å². The number of nitrogens with one attached hydrogen (secondary N) is 2. The molecule has 8 nitrogen and oxygen atoms in total. The Bertz CT molecular complexity index is 911. The molecule has 0 heterocycles. The van der Waals surface area contributed by atoms with Crippen LogP contribution in [0.25, 0.3) is 5.76 Å². The van der Waals surface area contributed by atoms with Crippen molar-refractivity contribution in [1.29, 1.82) is 0 Å². The van der Waals surface area contributed by atoms with E-state index in [1.54, 1.807) is 20.0 Å². The van der Waals surface area contributed by atoms with Crippen LogP contribution in [0.3, 0.4) is 0 Å². The van der Waals surface area contributed by atoms with Crippen molar-refractivity contribution < 1.29 is 29.7 Å². The Morgan fingerprint density at radius 2 is 1.62 bits per heavy atom. The van der Waals surface area contributed by atoms with Gasteiger partial charge in [0, 0.05) is 18.5 Å². The number of fused-ring (bicyclic) bond motifs is 3. The van der Waals surface area contributed by atoms with Gasteiger partial charge in [-0.05, 0) is 69.3 Å². The van der Waals surface area contributed by atoms with Crippen molar-refractivity contribution in [2.24, 2.45) is 23.7 Å². The van der Waals surface area contributed by atoms with E-state index in [-0.39, 0.29) is 40.5 Å². The van der Waals surface area contributed by atoms with Gasteiger partial charge in [-0.1, -0.05) is 26.8 Å². The maximum atomic E-state index is 13.1. The number of aliphatic hydroxyl groups is 2. The van der Waals surface area contributed by atoms with Gasteiger partial charge < -0.3 is 26.0 Å². The molecule has 0 spiro atoms. The van der Waals surface area contributed by atoms with Gasteiger partial charge in [-0.25, -0.2) is 0 Å². The van der Waals surface area contributed by atoms with E-state index in [4.69, 9.17) is 4.79 Å². The smallest absolute Gasteiger partial charge is 0.206 e. The molecule has 1 amide bonds. The van der Waals surface area contributed by atoms with E-state index in [0.29, 0.717) is 31.2 Å². The number of amides is 1. The van der Waals surface area contributed by atoms with Crippen LogP contribution in [0.15, 0.2) is 17.7 Å². The minimum absolute atomic E-state index is 0.0438. The molecular formula is C26H40N2O6. The van der Waals surface area contributed by atoms with Gasteiger partial charge in [0.1, 0.15) is 17.3 Å². The lowest BCUT2D eigenvalue weighted by Crippen LogP contribution is -2.50. The van der Waals surface area contributed by atoms with Crippen LogP contribution in [-0.2, 0) is 20.8 Å². The Kier molecular flexibility index (Phi) is 11.4. The summed E-state index contributed by atoms with van der Waals surface area (Å²) in [5, 5.41) is 36.1. The van der Waals surface area contributed by atoms with Gasteiger partial charge in [0.05, 0.1) is 17.6 Å². The Balaban J connectivity index is 0.000000562. The quantitative estimate of drug-likeness (QED) is 0.310. The predicted molar refractivity (Wildman–Crippen MR) is 132 cm³/mol. The number of aromatic hydroxyl groups is 1. The number of ketones is 2. The zero-order chi connectivity index (χ0) is 26.2. The summed E-state index contributed by atoms with van der Waals surface area (Å²) in [6.45, 7) is 7.57. The molecule has 8 heteroatoms. The van der Waals surface area contributed by atoms with E-state index < -0.39 is 17.9 Å². The number of aliphatic hydroxyl groups excluding tert-OH is 2. The van der Waals surface area contributed by atoms with Crippen molar-refractivity contribution in [1.82, 2.24) is 10.6 Å². The second kappa shape index (κ2) is 13.2. The minimum atomic E-state index is -0.777. The Morgan fingerprint density at radius 3 is 2.15 bits per heavy atom. The molecule has 4 rings (SSSR count). The summed E-state index contributed by atoms with van der Waals surface area (Å²) in [7, 11) is 5.31. The number of allylic oxidation sites excluding steroid dienone is 1. The molecule has 1 aromatic rings. The molecule has 190 valence electrons. The fraction of sp³-hybridized carbons (Fsp3) is 0.577. The highest BCUT2D eigenvalue weighted by atomic mass is 16.3. The normalized spacial score (nSPS) is 26.6. The standard InChI is InChI=1S/C20H22O5.C2H5NO.C2H7N.C2H6/c1-8-3-4-13(21)17-12(8)6-10-5-11-7-14(22)9(2)18(23)15(11)19(24)16(10)20(17)25;1-3-2-4;1-3-2;1-2/h3-4,9-11,14-15,21-22,25H,5-7H2,1-2H3;2H,1H3,(H,3,4);3H,1-2H3;1-2H3. The van der Waals surface area contributed by atoms with Gasteiger partial charge in [0.25, 0.3) is 0 Å². The highest BCUT2D eigenvalue weighted by Gasteiger charge is 2.52. The fourth-order valence-electron chi connectivity index (χ4n) is 4.93. The van der Waals surface area contributed by atoms with Crippen LogP contribution in [0.1, 0.15) is 50.3 Å². The molecule has 0 saturated heterocycles. The number of rotatable bonds is 1. The predicted octanol–water partition coefficient (Wildman–Crippen LogP) is 2.54. The minimum Gasteiger partial charge on any atom is -0.507 e. The summed E-state index contributed by atoms with van der Waals surface area (Å²) >= 11 is 0. The van der Waals surface area contributed by atoms with Gasteiger partial charge >= 0.3 is 0 Å². The van der Waals surface area contributed by atoms with Crippen molar-refractivity contribution in [3.05, 3.63) is 34.4 Å². The summed E-state index contributed by atoms with van der Waals surface area (Å²) in [6, 6.07) is 3.32. The average Bonchev–Trinajstić information content (AvgIpc) is 2.81. The number of aryl methyl sites for hydroxylation is 1. The summed E-state index contributed by atoms with van der Waals surface area (Å²) in [5.74, 6) is -2.46. The molecule has 34 heavy (non-hydrogen) atoms. The average molecular weight is 477 g/mol. The summed E-state index contributed by atoms with van der Waals surface area (Å²) in [4.78, 5) is 34.7. The SMILES string of the molecule is CC.CNC.CNC=O.Cc1ccc(O)c2c1CC1CC3CC(O)C(C)C(=O)C3C(=O)C1=C2O. The Hall–Kier alpha value is -2.71. The maximum absolute atomic E-state index is 13.1. The fourth-order valence-corrected chi connectivity index (χ4v) is 4.93. The van der Waals surface area contributed by atoms with E-state index in [0.717, 1.165) is 11.1 Å². The van der Waals surface area contributed by atoms with Crippen LogP contribution in [0.5, 0.6) is 5.75 Å². The molecule has 3 aliphatic carbocycles. The summed E-state index contributed by atoms with van der Waals surface area (Å²) in [5.41, 5.74) is 2.43. The van der Waals surface area contributed by atoms with Crippen LogP contribution in [0, 0.1) is 30.6 Å². The lowest BCUT2D eigenvalue weighted by Gasteiger charge is -2.44. The number of hydrogen-bond acceptors (Lipinski definition) is 7. The first kappa shape index (κ1) is 29.3. The molecular weight excluding hydrogens is 436 g/mol.